The molecule has 1 aliphatic rings. The Kier molecular flexibility index (Phi) is 3.56. The van der Waals surface area contributed by atoms with E-state index in [-0.39, 0.29) is 23.1 Å². The Bertz CT molecular complexity index is 504. The van der Waals surface area contributed by atoms with Gasteiger partial charge in [0.25, 0.3) is 5.91 Å². The fourth-order valence-electron chi connectivity index (χ4n) is 1.90. The van der Waals surface area contributed by atoms with E-state index < -0.39 is 6.04 Å². The van der Waals surface area contributed by atoms with Crippen LogP contribution in [0.15, 0.2) is 22.7 Å². The standard InChI is InChI=1S/C12H13BrN2O3/c1-7-11(17)14-4-5-15(7)12(18)9-3-2-8(13)6-10(9)16/h2-3,6-7,16H,4-5H2,1H3,(H,14,17). The zero-order valence-electron chi connectivity index (χ0n) is 9.81. The van der Waals surface area contributed by atoms with Gasteiger partial charge in [-0.25, -0.2) is 0 Å². The van der Waals surface area contributed by atoms with Crippen molar-refractivity contribution in [1.29, 1.82) is 0 Å². The third kappa shape index (κ3) is 2.33. The molecule has 18 heavy (non-hydrogen) atoms. The lowest BCUT2D eigenvalue weighted by Gasteiger charge is -2.33. The molecule has 1 saturated heterocycles. The summed E-state index contributed by atoms with van der Waals surface area (Å²) in [5.74, 6) is -0.596. The van der Waals surface area contributed by atoms with Crippen LogP contribution < -0.4 is 5.32 Å². The second kappa shape index (κ2) is 4.97. The van der Waals surface area contributed by atoms with Gasteiger partial charge in [-0.1, -0.05) is 15.9 Å². The number of aromatic hydroxyl groups is 1. The molecule has 1 aromatic carbocycles. The van der Waals surface area contributed by atoms with Crippen LogP contribution in [0.25, 0.3) is 0 Å². The van der Waals surface area contributed by atoms with Crippen LogP contribution in [-0.4, -0.2) is 41.0 Å². The summed E-state index contributed by atoms with van der Waals surface area (Å²) in [4.78, 5) is 25.2. The molecule has 96 valence electrons. The van der Waals surface area contributed by atoms with Gasteiger partial charge < -0.3 is 15.3 Å². The van der Waals surface area contributed by atoms with Gasteiger partial charge in [0.2, 0.25) is 5.91 Å². The second-order valence-electron chi connectivity index (χ2n) is 4.13. The van der Waals surface area contributed by atoms with Gasteiger partial charge in [0, 0.05) is 17.6 Å². The number of amides is 2. The SMILES string of the molecule is CC1C(=O)NCCN1C(=O)c1ccc(Br)cc1O. The molecule has 1 atom stereocenters. The summed E-state index contributed by atoms with van der Waals surface area (Å²) in [6, 6.07) is 4.17. The molecule has 0 saturated carbocycles. The Morgan fingerprint density at radius 3 is 2.94 bits per heavy atom. The first-order valence-electron chi connectivity index (χ1n) is 5.58. The highest BCUT2D eigenvalue weighted by molar-refractivity contribution is 9.10. The molecule has 6 heteroatoms. The van der Waals surface area contributed by atoms with E-state index in [9.17, 15) is 14.7 Å². The van der Waals surface area contributed by atoms with Crippen LogP contribution in [0.1, 0.15) is 17.3 Å². The molecular weight excluding hydrogens is 300 g/mol. The number of halogens is 1. The number of nitrogens with zero attached hydrogens (tertiary/aromatic N) is 1. The average Bonchev–Trinajstić information content (AvgIpc) is 2.32. The fourth-order valence-corrected chi connectivity index (χ4v) is 2.25. The predicted octanol–water partition coefficient (Wildman–Crippen LogP) is 1.12. The van der Waals surface area contributed by atoms with Crippen molar-refractivity contribution in [3.63, 3.8) is 0 Å². The first-order chi connectivity index (χ1) is 8.50. The van der Waals surface area contributed by atoms with Crippen molar-refractivity contribution in [3.05, 3.63) is 28.2 Å². The topological polar surface area (TPSA) is 69.6 Å². The highest BCUT2D eigenvalue weighted by atomic mass is 79.9. The van der Waals surface area contributed by atoms with E-state index in [1.165, 1.54) is 11.0 Å². The molecule has 1 unspecified atom stereocenters. The summed E-state index contributed by atoms with van der Waals surface area (Å²) in [5.41, 5.74) is 0.208. The number of benzene rings is 1. The summed E-state index contributed by atoms with van der Waals surface area (Å²) in [7, 11) is 0. The number of phenolic OH excluding ortho intramolecular Hbond substituents is 1. The van der Waals surface area contributed by atoms with Gasteiger partial charge in [-0.2, -0.15) is 0 Å². The van der Waals surface area contributed by atoms with E-state index >= 15 is 0 Å². The molecule has 2 amide bonds. The highest BCUT2D eigenvalue weighted by Gasteiger charge is 2.30. The number of phenols is 1. The van der Waals surface area contributed by atoms with Gasteiger partial charge in [0.15, 0.2) is 0 Å². The molecule has 0 spiro atoms. The molecule has 2 N–H and O–H groups in total. The van der Waals surface area contributed by atoms with Crippen LogP contribution in [0.5, 0.6) is 5.75 Å². The lowest BCUT2D eigenvalue weighted by atomic mass is 10.1. The summed E-state index contributed by atoms with van der Waals surface area (Å²) in [6.07, 6.45) is 0. The molecule has 2 rings (SSSR count). The third-order valence-electron chi connectivity index (χ3n) is 2.95. The van der Waals surface area contributed by atoms with Crippen molar-refractivity contribution in [1.82, 2.24) is 10.2 Å². The van der Waals surface area contributed by atoms with E-state index in [1.54, 1.807) is 19.1 Å². The predicted molar refractivity (Wildman–Crippen MR) is 69.3 cm³/mol. The van der Waals surface area contributed by atoms with Gasteiger partial charge in [-0.3, -0.25) is 9.59 Å². The van der Waals surface area contributed by atoms with Gasteiger partial charge in [0.1, 0.15) is 11.8 Å². The molecule has 1 heterocycles. The maximum absolute atomic E-state index is 12.3. The third-order valence-corrected chi connectivity index (χ3v) is 3.44. The van der Waals surface area contributed by atoms with Crippen molar-refractivity contribution in [2.45, 2.75) is 13.0 Å². The molecule has 0 aliphatic carbocycles. The van der Waals surface area contributed by atoms with E-state index in [4.69, 9.17) is 0 Å². The minimum absolute atomic E-state index is 0.0902. The fraction of sp³-hybridized carbons (Fsp3) is 0.333. The van der Waals surface area contributed by atoms with Crippen LogP contribution >= 0.6 is 15.9 Å². The minimum atomic E-state index is -0.519. The summed E-state index contributed by atoms with van der Waals surface area (Å²) < 4.78 is 0.695. The largest absolute Gasteiger partial charge is 0.507 e. The van der Waals surface area contributed by atoms with E-state index in [2.05, 4.69) is 21.2 Å². The summed E-state index contributed by atoms with van der Waals surface area (Å²) >= 11 is 3.21. The first-order valence-corrected chi connectivity index (χ1v) is 6.37. The molecule has 1 fully saturated rings. The van der Waals surface area contributed by atoms with E-state index in [0.29, 0.717) is 17.6 Å². The number of nitrogens with one attached hydrogen (secondary N) is 1. The van der Waals surface area contributed by atoms with Crippen LogP contribution in [0, 0.1) is 0 Å². The number of piperazine rings is 1. The first kappa shape index (κ1) is 12.9. The quantitative estimate of drug-likeness (QED) is 0.816. The Hall–Kier alpha value is -1.56. The van der Waals surface area contributed by atoms with Crippen LogP contribution in [0.2, 0.25) is 0 Å². The monoisotopic (exact) mass is 312 g/mol. The maximum Gasteiger partial charge on any atom is 0.258 e. The van der Waals surface area contributed by atoms with Gasteiger partial charge in [-0.15, -0.1) is 0 Å². The molecule has 5 nitrogen and oxygen atoms in total. The summed E-state index contributed by atoms with van der Waals surface area (Å²) in [6.45, 7) is 2.55. The molecule has 0 bridgehead atoms. The maximum atomic E-state index is 12.3. The molecule has 0 radical (unpaired) electrons. The Balaban J connectivity index is 2.28. The van der Waals surface area contributed by atoms with Crippen molar-refractivity contribution >= 4 is 27.7 Å². The lowest BCUT2D eigenvalue weighted by molar-refractivity contribution is -0.127. The van der Waals surface area contributed by atoms with Gasteiger partial charge in [-0.05, 0) is 25.1 Å². The van der Waals surface area contributed by atoms with Crippen LogP contribution in [0.3, 0.4) is 0 Å². The van der Waals surface area contributed by atoms with Gasteiger partial charge in [0.05, 0.1) is 5.56 Å². The van der Waals surface area contributed by atoms with Crippen LogP contribution in [-0.2, 0) is 4.79 Å². The van der Waals surface area contributed by atoms with Gasteiger partial charge >= 0.3 is 0 Å². The molecular formula is C12H13BrN2O3. The second-order valence-corrected chi connectivity index (χ2v) is 5.04. The van der Waals surface area contributed by atoms with E-state index in [1.807, 2.05) is 0 Å². The van der Waals surface area contributed by atoms with E-state index in [0.717, 1.165) is 0 Å². The van der Waals surface area contributed by atoms with Crippen molar-refractivity contribution in [2.24, 2.45) is 0 Å². The normalized spacial score (nSPS) is 19.6. The Morgan fingerprint density at radius 1 is 1.56 bits per heavy atom. The van der Waals surface area contributed by atoms with Crippen LogP contribution in [0.4, 0.5) is 0 Å². The smallest absolute Gasteiger partial charge is 0.258 e. The van der Waals surface area contributed by atoms with Crippen molar-refractivity contribution < 1.29 is 14.7 Å². The number of hydrogen-bond donors (Lipinski definition) is 2. The number of rotatable bonds is 1. The average molecular weight is 313 g/mol. The lowest BCUT2D eigenvalue weighted by Crippen LogP contribution is -2.55. The zero-order chi connectivity index (χ0) is 13.3. The Morgan fingerprint density at radius 2 is 2.28 bits per heavy atom. The van der Waals surface area contributed by atoms with Crippen molar-refractivity contribution in [2.75, 3.05) is 13.1 Å². The number of carbonyl (C=O) groups is 2. The molecule has 1 aromatic rings. The zero-order valence-corrected chi connectivity index (χ0v) is 11.4. The summed E-state index contributed by atoms with van der Waals surface area (Å²) in [5, 5.41) is 12.5. The highest BCUT2D eigenvalue weighted by Crippen LogP contribution is 2.24. The molecule has 1 aliphatic heterocycles. The Labute approximate surface area is 113 Å². The minimum Gasteiger partial charge on any atom is -0.507 e. The van der Waals surface area contributed by atoms with Crippen molar-refractivity contribution in [3.8, 4) is 5.75 Å². The number of carbonyl (C=O) groups excluding carboxylic acids is 2. The molecule has 0 aromatic heterocycles. The number of hydrogen-bond acceptors (Lipinski definition) is 3.